The van der Waals surface area contributed by atoms with Gasteiger partial charge in [0.2, 0.25) is 5.91 Å². The minimum Gasteiger partial charge on any atom is -0.336 e. The van der Waals surface area contributed by atoms with E-state index in [-0.39, 0.29) is 30.5 Å². The first kappa shape index (κ1) is 15.1. The predicted octanol–water partition coefficient (Wildman–Crippen LogP) is 2.84. The molecular weight excluding hydrogens is 281 g/mol. The third kappa shape index (κ3) is 2.79. The van der Waals surface area contributed by atoms with E-state index in [9.17, 15) is 18.0 Å². The van der Waals surface area contributed by atoms with Gasteiger partial charge < -0.3 is 10.6 Å². The summed E-state index contributed by atoms with van der Waals surface area (Å²) in [6.45, 7) is 0. The van der Waals surface area contributed by atoms with E-state index in [1.807, 2.05) is 0 Å². The van der Waals surface area contributed by atoms with Crippen LogP contribution in [0.5, 0.6) is 0 Å². The van der Waals surface area contributed by atoms with Crippen molar-refractivity contribution < 1.29 is 18.0 Å². The SMILES string of the molecule is NC1CC2CCC(C1)N2C(=O)C1CCCCC1C(F)(F)F. The molecule has 0 aromatic heterocycles. The zero-order valence-corrected chi connectivity index (χ0v) is 12.1. The van der Waals surface area contributed by atoms with E-state index in [1.54, 1.807) is 4.90 Å². The fourth-order valence-electron chi connectivity index (χ4n) is 4.59. The lowest BCUT2D eigenvalue weighted by Crippen LogP contribution is -2.54. The number of carbonyl (C=O) groups excluding carboxylic acids is 1. The zero-order chi connectivity index (χ0) is 15.2. The molecule has 2 saturated heterocycles. The van der Waals surface area contributed by atoms with Crippen LogP contribution in [0.15, 0.2) is 0 Å². The van der Waals surface area contributed by atoms with Gasteiger partial charge in [-0.15, -0.1) is 0 Å². The summed E-state index contributed by atoms with van der Waals surface area (Å²) in [5.74, 6) is -2.57. The summed E-state index contributed by atoms with van der Waals surface area (Å²) < 4.78 is 39.6. The van der Waals surface area contributed by atoms with Crippen LogP contribution in [0.1, 0.15) is 51.4 Å². The number of nitrogens with zero attached hydrogens (tertiary/aromatic N) is 1. The fourth-order valence-corrected chi connectivity index (χ4v) is 4.59. The average molecular weight is 304 g/mol. The van der Waals surface area contributed by atoms with Crippen LogP contribution in [0.3, 0.4) is 0 Å². The van der Waals surface area contributed by atoms with Crippen molar-refractivity contribution in [2.45, 2.75) is 75.7 Å². The second-order valence-electron chi connectivity index (χ2n) is 6.90. The summed E-state index contributed by atoms with van der Waals surface area (Å²) in [4.78, 5) is 14.5. The first-order valence-corrected chi connectivity index (χ1v) is 8.02. The summed E-state index contributed by atoms with van der Waals surface area (Å²) in [6.07, 6.45) is 0.801. The number of fused-ring (bicyclic) bond motifs is 2. The summed E-state index contributed by atoms with van der Waals surface area (Å²) >= 11 is 0. The lowest BCUT2D eigenvalue weighted by molar-refractivity contribution is -0.202. The molecule has 1 aliphatic carbocycles. The number of carbonyl (C=O) groups is 1. The molecule has 0 aromatic rings. The van der Waals surface area contributed by atoms with E-state index in [4.69, 9.17) is 5.73 Å². The molecule has 2 heterocycles. The number of rotatable bonds is 1. The Bertz CT molecular complexity index is 398. The van der Waals surface area contributed by atoms with Crippen molar-refractivity contribution in [3.8, 4) is 0 Å². The topological polar surface area (TPSA) is 46.3 Å². The Hall–Kier alpha value is -0.780. The van der Waals surface area contributed by atoms with Crippen molar-refractivity contribution in [1.29, 1.82) is 0 Å². The molecule has 3 aliphatic rings. The smallest absolute Gasteiger partial charge is 0.336 e. The first-order valence-electron chi connectivity index (χ1n) is 8.02. The average Bonchev–Trinajstić information content (AvgIpc) is 2.69. The lowest BCUT2D eigenvalue weighted by atomic mass is 9.77. The molecule has 4 atom stereocenters. The molecule has 1 saturated carbocycles. The molecule has 0 aromatic carbocycles. The van der Waals surface area contributed by atoms with Crippen molar-refractivity contribution in [3.05, 3.63) is 0 Å². The molecule has 3 nitrogen and oxygen atoms in total. The number of hydrogen-bond acceptors (Lipinski definition) is 2. The van der Waals surface area contributed by atoms with Crippen molar-refractivity contribution in [3.63, 3.8) is 0 Å². The van der Waals surface area contributed by atoms with Crippen LogP contribution in [0, 0.1) is 11.8 Å². The molecule has 6 heteroatoms. The lowest BCUT2D eigenvalue weighted by Gasteiger charge is -2.42. The summed E-state index contributed by atoms with van der Waals surface area (Å²) in [5, 5.41) is 0. The minimum atomic E-state index is -4.26. The van der Waals surface area contributed by atoms with E-state index in [1.165, 1.54) is 0 Å². The molecule has 2 N–H and O–H groups in total. The second-order valence-corrected chi connectivity index (χ2v) is 6.90. The Labute approximate surface area is 123 Å². The second kappa shape index (κ2) is 5.45. The van der Waals surface area contributed by atoms with Gasteiger partial charge in [-0.05, 0) is 38.5 Å². The largest absolute Gasteiger partial charge is 0.392 e. The van der Waals surface area contributed by atoms with Gasteiger partial charge in [0.25, 0.3) is 0 Å². The van der Waals surface area contributed by atoms with E-state index in [0.717, 1.165) is 32.1 Å². The normalized spacial score (nSPS) is 40.4. The molecule has 21 heavy (non-hydrogen) atoms. The van der Waals surface area contributed by atoms with Crippen LogP contribution in [-0.4, -0.2) is 35.1 Å². The Balaban J connectivity index is 1.78. The van der Waals surface area contributed by atoms with Crippen LogP contribution in [0.4, 0.5) is 13.2 Å². The third-order valence-corrected chi connectivity index (χ3v) is 5.53. The Morgan fingerprint density at radius 1 is 1.00 bits per heavy atom. The molecule has 4 unspecified atom stereocenters. The molecule has 1 amide bonds. The molecule has 3 rings (SSSR count). The maximum Gasteiger partial charge on any atom is 0.392 e. The van der Waals surface area contributed by atoms with E-state index in [0.29, 0.717) is 12.8 Å². The monoisotopic (exact) mass is 304 g/mol. The van der Waals surface area contributed by atoms with E-state index >= 15 is 0 Å². The van der Waals surface area contributed by atoms with E-state index in [2.05, 4.69) is 0 Å². The standard InChI is InChI=1S/C15H23F3N2O/c16-15(17,18)13-4-2-1-3-12(13)14(21)20-10-5-6-11(20)8-9(19)7-10/h9-13H,1-8,19H2. The number of amides is 1. The number of piperidine rings is 1. The summed E-state index contributed by atoms with van der Waals surface area (Å²) in [5.41, 5.74) is 5.97. The van der Waals surface area contributed by atoms with Crippen molar-refractivity contribution in [1.82, 2.24) is 4.90 Å². The van der Waals surface area contributed by atoms with Gasteiger partial charge in [-0.1, -0.05) is 12.8 Å². The highest BCUT2D eigenvalue weighted by atomic mass is 19.4. The maximum absolute atomic E-state index is 13.2. The van der Waals surface area contributed by atoms with Gasteiger partial charge in [0.05, 0.1) is 5.92 Å². The van der Waals surface area contributed by atoms with E-state index < -0.39 is 18.0 Å². The Kier molecular flexibility index (Phi) is 3.93. The fraction of sp³-hybridized carbons (Fsp3) is 0.933. The molecule has 120 valence electrons. The van der Waals surface area contributed by atoms with Crippen molar-refractivity contribution in [2.24, 2.45) is 17.6 Å². The molecule has 0 radical (unpaired) electrons. The molecule has 2 bridgehead atoms. The van der Waals surface area contributed by atoms with Crippen molar-refractivity contribution >= 4 is 5.91 Å². The van der Waals surface area contributed by atoms with Gasteiger partial charge in [0.15, 0.2) is 0 Å². The van der Waals surface area contributed by atoms with Gasteiger partial charge in [0, 0.05) is 24.0 Å². The Morgan fingerprint density at radius 3 is 2.14 bits per heavy atom. The van der Waals surface area contributed by atoms with Crippen LogP contribution in [0.2, 0.25) is 0 Å². The van der Waals surface area contributed by atoms with Gasteiger partial charge in [-0.3, -0.25) is 4.79 Å². The Morgan fingerprint density at radius 2 is 1.57 bits per heavy atom. The number of halogens is 3. The molecule has 3 fully saturated rings. The van der Waals surface area contributed by atoms with Crippen LogP contribution < -0.4 is 5.73 Å². The van der Waals surface area contributed by atoms with Crippen LogP contribution in [-0.2, 0) is 4.79 Å². The number of hydrogen-bond donors (Lipinski definition) is 1. The third-order valence-electron chi connectivity index (χ3n) is 5.53. The maximum atomic E-state index is 13.2. The van der Waals surface area contributed by atoms with Crippen LogP contribution >= 0.6 is 0 Å². The van der Waals surface area contributed by atoms with Gasteiger partial charge in [-0.25, -0.2) is 0 Å². The first-order chi connectivity index (χ1) is 9.88. The quantitative estimate of drug-likeness (QED) is 0.809. The highest BCUT2D eigenvalue weighted by Gasteiger charge is 2.52. The zero-order valence-electron chi connectivity index (χ0n) is 12.1. The molecular formula is C15H23F3N2O. The highest BCUT2D eigenvalue weighted by molar-refractivity contribution is 5.80. The van der Waals surface area contributed by atoms with Gasteiger partial charge in [-0.2, -0.15) is 13.2 Å². The minimum absolute atomic E-state index is 0.0714. The molecule has 0 spiro atoms. The number of nitrogens with two attached hydrogens (primary N) is 1. The van der Waals surface area contributed by atoms with Crippen molar-refractivity contribution in [2.75, 3.05) is 0 Å². The summed E-state index contributed by atoms with van der Waals surface area (Å²) in [6, 6.07) is 0.237. The predicted molar refractivity (Wildman–Crippen MR) is 72.4 cm³/mol. The van der Waals surface area contributed by atoms with Gasteiger partial charge >= 0.3 is 6.18 Å². The van der Waals surface area contributed by atoms with Crippen LogP contribution in [0.25, 0.3) is 0 Å². The number of alkyl halides is 3. The summed E-state index contributed by atoms with van der Waals surface area (Å²) in [7, 11) is 0. The van der Waals surface area contributed by atoms with Gasteiger partial charge in [0.1, 0.15) is 0 Å². The highest BCUT2D eigenvalue weighted by Crippen LogP contribution is 2.44. The molecule has 2 aliphatic heterocycles.